The summed E-state index contributed by atoms with van der Waals surface area (Å²) in [7, 11) is -11.0. The van der Waals surface area contributed by atoms with Crippen molar-refractivity contribution >= 4 is 60.5 Å². The molecule has 2 heterocycles. The van der Waals surface area contributed by atoms with Crippen molar-refractivity contribution in [3.05, 3.63) is 137 Å². The van der Waals surface area contributed by atoms with E-state index >= 15 is 0 Å². The number of piperidine rings is 1. The molecule has 2 unspecified atom stereocenters. The minimum atomic E-state index is -6.08. The molecule has 0 spiro atoms. The lowest BCUT2D eigenvalue weighted by Gasteiger charge is -2.36. The summed E-state index contributed by atoms with van der Waals surface area (Å²) in [5, 5.41) is 13.0. The number of anilines is 2. The number of thioether (sulfide) groups is 1. The zero-order valence-corrected chi connectivity index (χ0v) is 39.8. The number of hydrogen-bond donors (Lipinski definition) is 4. The number of halogens is 4. The molecule has 0 saturated carbocycles. The molecule has 19 heteroatoms. The minimum Gasteiger partial charge on any atom is -0.395 e. The molecule has 0 aliphatic carbocycles. The van der Waals surface area contributed by atoms with Gasteiger partial charge in [-0.05, 0) is 109 Å². The third-order valence-electron chi connectivity index (χ3n) is 12.3. The Morgan fingerprint density at radius 3 is 2.07 bits per heavy atom. The van der Waals surface area contributed by atoms with Crippen molar-refractivity contribution in [2.45, 2.75) is 51.5 Å². The Labute approximate surface area is 399 Å². The summed E-state index contributed by atoms with van der Waals surface area (Å²) in [6, 6.07) is 33.0. The van der Waals surface area contributed by atoms with E-state index < -0.39 is 52.8 Å². The number of sulfonamides is 1. The number of alkyl halides is 3. The molecule has 67 heavy (non-hydrogen) atoms. The van der Waals surface area contributed by atoms with Gasteiger partial charge < -0.3 is 26.0 Å². The average Bonchev–Trinajstić information content (AvgIpc) is 3.33. The third kappa shape index (κ3) is 12.7. The number of sulfone groups is 1. The van der Waals surface area contributed by atoms with Crippen molar-refractivity contribution < 1.29 is 39.9 Å². The smallest absolute Gasteiger partial charge is 0.395 e. The fraction of sp³-hybridized carbons (Fsp3) is 0.354. The van der Waals surface area contributed by atoms with E-state index in [0.29, 0.717) is 62.5 Å². The van der Waals surface area contributed by atoms with Gasteiger partial charge in [0.05, 0.1) is 17.2 Å². The molecular weight excluding hydrogens is 945 g/mol. The van der Waals surface area contributed by atoms with Gasteiger partial charge in [-0.3, -0.25) is 9.69 Å². The lowest BCUT2D eigenvalue weighted by Crippen LogP contribution is -2.48. The summed E-state index contributed by atoms with van der Waals surface area (Å²) >= 11 is 7.57. The highest BCUT2D eigenvalue weighted by Gasteiger charge is 2.48. The van der Waals surface area contributed by atoms with Crippen LogP contribution in [0.5, 0.6) is 0 Å². The van der Waals surface area contributed by atoms with Crippen molar-refractivity contribution in [1.82, 2.24) is 14.5 Å². The van der Waals surface area contributed by atoms with E-state index in [1.165, 1.54) is 23.9 Å². The monoisotopic (exact) mass is 998 g/mol. The number of hydrogen-bond acceptors (Lipinski definition) is 12. The van der Waals surface area contributed by atoms with Crippen LogP contribution in [0, 0.1) is 5.92 Å². The standard InChI is InChI=1S/C48H54ClF3N6O6S3/c49-37-14-10-34(11-15-37)42-8-4-5-9-43(42)46(53)35-20-24-58(25-21-35)39-16-12-36(13-17-39)47(60)55-67(63,64)41-18-19-44(45(32-41)66(61,62)48(50,51)52)54-38(33-65-40-6-2-1-3-7-40)22-23-56-26-28-57(29-27-56)30-31-59/h1-19,32,35,38,46,54,59H,20-31,33,53H2,(H,55,60). The Balaban J connectivity index is 1.02. The molecule has 2 atom stereocenters. The van der Waals surface area contributed by atoms with E-state index in [0.717, 1.165) is 65.3 Å². The summed E-state index contributed by atoms with van der Waals surface area (Å²) in [6.07, 6.45) is 2.02. The molecule has 358 valence electrons. The predicted octanol–water partition coefficient (Wildman–Crippen LogP) is 7.91. The number of carbonyl (C=O) groups excluding carboxylic acids is 1. The molecular formula is C48H54ClF3N6O6S3. The number of nitrogens with two attached hydrogens (primary N) is 1. The largest absolute Gasteiger partial charge is 0.501 e. The summed E-state index contributed by atoms with van der Waals surface area (Å²) in [5.41, 5.74) is 4.61. The van der Waals surface area contributed by atoms with Gasteiger partial charge in [0.25, 0.3) is 25.8 Å². The fourth-order valence-electron chi connectivity index (χ4n) is 8.50. The number of piperazine rings is 1. The third-order valence-corrected chi connectivity index (χ3v) is 16.6. The first-order chi connectivity index (χ1) is 32.0. The maximum atomic E-state index is 14.2. The van der Waals surface area contributed by atoms with Crippen LogP contribution in [0.4, 0.5) is 24.5 Å². The number of rotatable bonds is 18. The first-order valence-electron chi connectivity index (χ1n) is 22.0. The Morgan fingerprint density at radius 2 is 1.43 bits per heavy atom. The lowest BCUT2D eigenvalue weighted by molar-refractivity contribution is -0.0435. The van der Waals surface area contributed by atoms with Gasteiger partial charge in [0.15, 0.2) is 0 Å². The zero-order valence-electron chi connectivity index (χ0n) is 36.6. The number of nitrogens with zero attached hydrogens (tertiary/aromatic N) is 3. The van der Waals surface area contributed by atoms with Crippen molar-refractivity contribution in [3.8, 4) is 11.1 Å². The van der Waals surface area contributed by atoms with Gasteiger partial charge in [0.1, 0.15) is 4.90 Å². The van der Waals surface area contributed by atoms with Crippen LogP contribution in [0.25, 0.3) is 11.1 Å². The second-order valence-corrected chi connectivity index (χ2v) is 21.8. The number of aliphatic hydroxyl groups is 1. The first kappa shape index (κ1) is 50.2. The fourth-order valence-corrected chi connectivity index (χ4v) is 11.6. The van der Waals surface area contributed by atoms with Gasteiger partial charge >= 0.3 is 5.51 Å². The van der Waals surface area contributed by atoms with E-state index in [9.17, 15) is 39.9 Å². The second-order valence-electron chi connectivity index (χ2n) is 16.7. The molecule has 1 amide bonds. The van der Waals surface area contributed by atoms with E-state index in [1.807, 2.05) is 71.5 Å². The molecule has 2 fully saturated rings. The van der Waals surface area contributed by atoms with Crippen LogP contribution in [0.1, 0.15) is 41.2 Å². The van der Waals surface area contributed by atoms with Crippen LogP contribution >= 0.6 is 23.4 Å². The van der Waals surface area contributed by atoms with E-state index in [4.69, 9.17) is 17.3 Å². The normalized spacial score (nSPS) is 16.7. The summed E-state index contributed by atoms with van der Waals surface area (Å²) in [6.45, 7) is 5.44. The lowest BCUT2D eigenvalue weighted by atomic mass is 9.83. The Kier molecular flexibility index (Phi) is 16.6. The molecule has 0 aromatic heterocycles. The van der Waals surface area contributed by atoms with E-state index in [1.54, 1.807) is 12.1 Å². The quantitative estimate of drug-likeness (QED) is 0.0629. The van der Waals surface area contributed by atoms with Crippen LogP contribution in [0.15, 0.2) is 136 Å². The number of aliphatic hydroxyl groups excluding tert-OH is 1. The number of benzene rings is 5. The first-order valence-corrected chi connectivity index (χ1v) is 26.3. The van der Waals surface area contributed by atoms with Crippen molar-refractivity contribution in [2.75, 3.05) is 74.9 Å². The zero-order chi connectivity index (χ0) is 47.8. The highest BCUT2D eigenvalue weighted by Crippen LogP contribution is 2.38. The number of β-amino-alcohol motifs (C(OH)–C–C–N with tert-alkyl or cyclic N) is 1. The average molecular weight is 1000 g/mol. The van der Waals surface area contributed by atoms with E-state index in [2.05, 4.69) is 32.1 Å². The number of amides is 1. The SMILES string of the molecule is NC(c1ccccc1-c1ccc(Cl)cc1)C1CCN(c2ccc(C(=O)NS(=O)(=O)c3ccc(NC(CCN4CCN(CCO)CC4)CSc4ccccc4)c(S(=O)(=O)C(F)(F)F)c3)cc2)CC1. The number of carbonyl (C=O) groups is 1. The molecule has 7 rings (SSSR count). The van der Waals surface area contributed by atoms with Gasteiger partial charge in [-0.25, -0.2) is 21.6 Å². The van der Waals surface area contributed by atoms with Gasteiger partial charge in [-0.1, -0.05) is 66.2 Å². The topological polar surface area (TPSA) is 165 Å². The summed E-state index contributed by atoms with van der Waals surface area (Å²) < 4.78 is 98.1. The second kappa shape index (κ2) is 22.2. The van der Waals surface area contributed by atoms with Crippen LogP contribution in [0.3, 0.4) is 0 Å². The summed E-state index contributed by atoms with van der Waals surface area (Å²) in [4.78, 5) is 18.6. The Hall–Kier alpha value is -4.66. The molecule has 2 aliphatic heterocycles. The van der Waals surface area contributed by atoms with Crippen molar-refractivity contribution in [1.29, 1.82) is 0 Å². The van der Waals surface area contributed by atoms with E-state index in [-0.39, 0.29) is 24.1 Å². The van der Waals surface area contributed by atoms with Crippen molar-refractivity contribution in [2.24, 2.45) is 11.7 Å². The van der Waals surface area contributed by atoms with Crippen LogP contribution in [-0.2, 0) is 19.9 Å². The Bertz CT molecular complexity index is 2670. The number of nitrogens with one attached hydrogen (secondary N) is 2. The van der Waals surface area contributed by atoms with Gasteiger partial charge in [0.2, 0.25) is 0 Å². The Morgan fingerprint density at radius 1 is 0.806 bits per heavy atom. The summed E-state index contributed by atoms with van der Waals surface area (Å²) in [5.74, 6) is -0.498. The highest BCUT2D eigenvalue weighted by molar-refractivity contribution is 7.99. The maximum Gasteiger partial charge on any atom is 0.501 e. The molecule has 5 N–H and O–H groups in total. The molecule has 2 aliphatic rings. The van der Waals surface area contributed by atoms with Crippen LogP contribution in [-0.4, -0.2) is 114 Å². The molecule has 0 radical (unpaired) electrons. The predicted molar refractivity (Wildman–Crippen MR) is 259 cm³/mol. The molecule has 2 saturated heterocycles. The maximum absolute atomic E-state index is 14.2. The van der Waals surface area contributed by atoms with Gasteiger partial charge in [0, 0.05) is 91.4 Å². The van der Waals surface area contributed by atoms with Crippen LogP contribution < -0.4 is 20.7 Å². The molecule has 5 aromatic rings. The molecule has 12 nitrogen and oxygen atoms in total. The van der Waals surface area contributed by atoms with Gasteiger partial charge in [-0.15, -0.1) is 11.8 Å². The highest BCUT2D eigenvalue weighted by atomic mass is 35.5. The van der Waals surface area contributed by atoms with Gasteiger partial charge in [-0.2, -0.15) is 13.2 Å². The molecule has 5 aromatic carbocycles. The van der Waals surface area contributed by atoms with Crippen molar-refractivity contribution in [3.63, 3.8) is 0 Å². The minimum absolute atomic E-state index is 0.0296. The van der Waals surface area contributed by atoms with Crippen LogP contribution in [0.2, 0.25) is 5.02 Å². The molecule has 0 bridgehead atoms.